The van der Waals surface area contributed by atoms with Crippen molar-refractivity contribution in [1.82, 2.24) is 15.2 Å². The molecular weight excluding hydrogens is 408 g/mol. The van der Waals surface area contributed by atoms with Crippen LogP contribution < -0.4 is 10.1 Å². The van der Waals surface area contributed by atoms with Crippen LogP contribution in [0.1, 0.15) is 31.7 Å². The average Bonchev–Trinajstić information content (AvgIpc) is 3.21. The molecule has 2 aromatic carbocycles. The number of halogens is 1. The van der Waals surface area contributed by atoms with Crippen molar-refractivity contribution in [2.24, 2.45) is 0 Å². The van der Waals surface area contributed by atoms with Crippen LogP contribution >= 0.6 is 23.4 Å². The van der Waals surface area contributed by atoms with Crippen LogP contribution in [0.25, 0.3) is 11.4 Å². The van der Waals surface area contributed by atoms with E-state index in [1.165, 1.54) is 17.3 Å². The molecule has 1 unspecified atom stereocenters. The van der Waals surface area contributed by atoms with Crippen LogP contribution in [-0.2, 0) is 4.79 Å². The largest absolute Gasteiger partial charge is 0.496 e. The molecule has 0 saturated heterocycles. The molecule has 2 N–H and O–H groups in total. The van der Waals surface area contributed by atoms with E-state index >= 15 is 0 Å². The molecule has 29 heavy (non-hydrogen) atoms. The molecule has 1 atom stereocenters. The summed E-state index contributed by atoms with van der Waals surface area (Å²) in [5.74, 6) is 1.77. The lowest BCUT2D eigenvalue weighted by molar-refractivity contribution is -0.113. The van der Waals surface area contributed by atoms with Gasteiger partial charge in [-0.25, -0.2) is 4.98 Å². The van der Waals surface area contributed by atoms with E-state index in [0.29, 0.717) is 33.2 Å². The second kappa shape index (κ2) is 9.80. The quantitative estimate of drug-likeness (QED) is 0.469. The first kappa shape index (κ1) is 21.2. The van der Waals surface area contributed by atoms with Gasteiger partial charge in [0.1, 0.15) is 5.75 Å². The third kappa shape index (κ3) is 5.52. The van der Waals surface area contributed by atoms with Gasteiger partial charge in [-0.15, -0.1) is 5.10 Å². The second-order valence-electron chi connectivity index (χ2n) is 6.58. The van der Waals surface area contributed by atoms with E-state index in [4.69, 9.17) is 16.3 Å². The van der Waals surface area contributed by atoms with Crippen molar-refractivity contribution in [3.8, 4) is 17.1 Å². The Kier molecular flexibility index (Phi) is 7.17. The van der Waals surface area contributed by atoms with Gasteiger partial charge >= 0.3 is 0 Å². The first-order chi connectivity index (χ1) is 14.0. The van der Waals surface area contributed by atoms with Gasteiger partial charge in [-0.05, 0) is 48.2 Å². The third-order valence-electron chi connectivity index (χ3n) is 4.59. The van der Waals surface area contributed by atoms with Crippen LogP contribution in [0.4, 0.5) is 5.69 Å². The Morgan fingerprint density at radius 3 is 2.72 bits per heavy atom. The van der Waals surface area contributed by atoms with Crippen LogP contribution in [-0.4, -0.2) is 34.0 Å². The van der Waals surface area contributed by atoms with Gasteiger partial charge in [0.15, 0.2) is 5.82 Å². The number of hydrogen-bond donors (Lipinski definition) is 2. The summed E-state index contributed by atoms with van der Waals surface area (Å²) in [6, 6.07) is 13.2. The lowest BCUT2D eigenvalue weighted by Crippen LogP contribution is -2.14. The fourth-order valence-electron chi connectivity index (χ4n) is 2.75. The van der Waals surface area contributed by atoms with Crippen molar-refractivity contribution in [2.45, 2.75) is 31.3 Å². The second-order valence-corrected chi connectivity index (χ2v) is 7.96. The normalized spacial score (nSPS) is 11.9. The van der Waals surface area contributed by atoms with Gasteiger partial charge in [-0.3, -0.25) is 9.89 Å². The number of benzene rings is 2. The summed E-state index contributed by atoms with van der Waals surface area (Å²) in [5, 5.41) is 11.0. The summed E-state index contributed by atoms with van der Waals surface area (Å²) in [6.07, 6.45) is 1.09. The standard InChI is InChI=1S/C21H23ClN4O2S/c1-4-13(2)14-5-8-16(9-6-14)23-19(27)12-29-21-24-20(25-26-21)17-11-15(22)7-10-18(17)28-3/h5-11,13H,4,12H2,1-3H3,(H,23,27)(H,24,25,26). The van der Waals surface area contributed by atoms with E-state index in [2.05, 4.69) is 46.5 Å². The molecule has 1 aromatic heterocycles. The zero-order chi connectivity index (χ0) is 20.8. The molecule has 152 valence electrons. The molecule has 0 radical (unpaired) electrons. The van der Waals surface area contributed by atoms with Gasteiger partial charge in [-0.1, -0.05) is 49.3 Å². The van der Waals surface area contributed by atoms with Crippen molar-refractivity contribution < 1.29 is 9.53 Å². The number of hydrogen-bond acceptors (Lipinski definition) is 5. The Morgan fingerprint density at radius 2 is 2.03 bits per heavy atom. The summed E-state index contributed by atoms with van der Waals surface area (Å²) in [7, 11) is 1.58. The number of aromatic amines is 1. The van der Waals surface area contributed by atoms with Gasteiger partial charge in [0.05, 0.1) is 18.4 Å². The maximum atomic E-state index is 12.2. The summed E-state index contributed by atoms with van der Waals surface area (Å²) < 4.78 is 5.34. The lowest BCUT2D eigenvalue weighted by Gasteiger charge is -2.10. The van der Waals surface area contributed by atoms with E-state index in [-0.39, 0.29) is 11.7 Å². The topological polar surface area (TPSA) is 79.9 Å². The van der Waals surface area contributed by atoms with E-state index in [1.54, 1.807) is 25.3 Å². The molecule has 0 spiro atoms. The van der Waals surface area contributed by atoms with Crippen LogP contribution in [0.3, 0.4) is 0 Å². The zero-order valence-corrected chi connectivity index (χ0v) is 18.1. The maximum Gasteiger partial charge on any atom is 0.234 e. The Hall–Kier alpha value is -2.51. The smallest absolute Gasteiger partial charge is 0.234 e. The highest BCUT2D eigenvalue weighted by atomic mass is 35.5. The van der Waals surface area contributed by atoms with Crippen molar-refractivity contribution in [3.63, 3.8) is 0 Å². The molecule has 0 aliphatic rings. The van der Waals surface area contributed by atoms with Crippen molar-refractivity contribution in [1.29, 1.82) is 0 Å². The van der Waals surface area contributed by atoms with Gasteiger partial charge in [0.25, 0.3) is 0 Å². The Bertz CT molecular complexity index is 975. The number of ether oxygens (including phenoxy) is 1. The number of carbonyl (C=O) groups is 1. The number of aromatic nitrogens is 3. The zero-order valence-electron chi connectivity index (χ0n) is 16.5. The molecule has 6 nitrogen and oxygen atoms in total. The van der Waals surface area contributed by atoms with E-state index in [9.17, 15) is 4.79 Å². The molecule has 3 aromatic rings. The summed E-state index contributed by atoms with van der Waals surface area (Å²) in [5.41, 5.74) is 2.76. The number of carbonyl (C=O) groups excluding carboxylic acids is 1. The van der Waals surface area contributed by atoms with E-state index in [0.717, 1.165) is 12.1 Å². The number of nitrogens with zero attached hydrogens (tertiary/aromatic N) is 2. The highest BCUT2D eigenvalue weighted by Crippen LogP contribution is 2.31. The number of amides is 1. The summed E-state index contributed by atoms with van der Waals surface area (Å²) in [6.45, 7) is 4.35. The number of methoxy groups -OCH3 is 1. The fourth-order valence-corrected chi connectivity index (χ4v) is 3.53. The molecule has 0 aliphatic heterocycles. The summed E-state index contributed by atoms with van der Waals surface area (Å²) in [4.78, 5) is 16.7. The Balaban J connectivity index is 1.58. The number of anilines is 1. The molecule has 0 bridgehead atoms. The van der Waals surface area contributed by atoms with Crippen LogP contribution in [0, 0.1) is 0 Å². The molecule has 3 rings (SSSR count). The lowest BCUT2D eigenvalue weighted by atomic mass is 9.99. The molecular formula is C21H23ClN4O2S. The number of thioether (sulfide) groups is 1. The van der Waals surface area contributed by atoms with Crippen molar-refractivity contribution in [3.05, 3.63) is 53.1 Å². The Morgan fingerprint density at radius 1 is 1.28 bits per heavy atom. The van der Waals surface area contributed by atoms with E-state index < -0.39 is 0 Å². The fraction of sp³-hybridized carbons (Fsp3) is 0.286. The highest BCUT2D eigenvalue weighted by Gasteiger charge is 2.13. The Labute approximate surface area is 179 Å². The average molecular weight is 431 g/mol. The molecule has 0 aliphatic carbocycles. The maximum absolute atomic E-state index is 12.2. The molecule has 0 saturated carbocycles. The van der Waals surface area contributed by atoms with Gasteiger partial charge < -0.3 is 10.1 Å². The first-order valence-corrected chi connectivity index (χ1v) is 10.7. The molecule has 1 amide bonds. The number of nitrogens with one attached hydrogen (secondary N) is 2. The third-order valence-corrected chi connectivity index (χ3v) is 5.67. The minimum Gasteiger partial charge on any atom is -0.496 e. The van der Waals surface area contributed by atoms with E-state index in [1.807, 2.05) is 12.1 Å². The van der Waals surface area contributed by atoms with Gasteiger partial charge in [0, 0.05) is 10.7 Å². The van der Waals surface area contributed by atoms with Crippen molar-refractivity contribution >= 4 is 35.0 Å². The highest BCUT2D eigenvalue weighted by molar-refractivity contribution is 7.99. The van der Waals surface area contributed by atoms with Crippen molar-refractivity contribution in [2.75, 3.05) is 18.2 Å². The minimum absolute atomic E-state index is 0.113. The van der Waals surface area contributed by atoms with Crippen LogP contribution in [0.15, 0.2) is 47.6 Å². The SMILES string of the molecule is CCC(C)c1ccc(NC(=O)CSc2n[nH]c(-c3cc(Cl)ccc3OC)n2)cc1. The monoisotopic (exact) mass is 430 g/mol. The van der Waals surface area contributed by atoms with Crippen LogP contribution in [0.5, 0.6) is 5.75 Å². The van der Waals surface area contributed by atoms with Gasteiger partial charge in [-0.2, -0.15) is 0 Å². The summed E-state index contributed by atoms with van der Waals surface area (Å²) >= 11 is 7.32. The van der Waals surface area contributed by atoms with Crippen LogP contribution in [0.2, 0.25) is 5.02 Å². The first-order valence-electron chi connectivity index (χ1n) is 9.29. The minimum atomic E-state index is -0.113. The molecule has 8 heteroatoms. The number of H-pyrrole nitrogens is 1. The number of rotatable bonds is 8. The predicted molar refractivity (Wildman–Crippen MR) is 118 cm³/mol. The molecule has 0 fully saturated rings. The predicted octanol–water partition coefficient (Wildman–Crippen LogP) is 5.38. The molecule has 1 heterocycles. The van der Waals surface area contributed by atoms with Gasteiger partial charge in [0.2, 0.25) is 11.1 Å².